The molecule has 2 heterocycles. The Morgan fingerprint density at radius 1 is 1.08 bits per heavy atom. The predicted octanol–water partition coefficient (Wildman–Crippen LogP) is 0.901. The Balaban J connectivity index is 1.30. The second-order valence-electron chi connectivity index (χ2n) is 7.85. The van der Waals surface area contributed by atoms with Gasteiger partial charge in [-0.3, -0.25) is 4.90 Å². The molecule has 1 saturated carbocycles. The molecule has 6 nitrogen and oxygen atoms in total. The van der Waals surface area contributed by atoms with Gasteiger partial charge >= 0.3 is 0 Å². The van der Waals surface area contributed by atoms with E-state index in [0.29, 0.717) is 13.2 Å². The molecule has 1 N–H and O–H groups in total. The molecule has 4 rings (SSSR count). The lowest BCUT2D eigenvalue weighted by atomic mass is 10.1. The molecule has 0 aromatic heterocycles. The van der Waals surface area contributed by atoms with Crippen LogP contribution in [0.5, 0.6) is 0 Å². The summed E-state index contributed by atoms with van der Waals surface area (Å²) in [6.45, 7) is 6.14. The molecular formula is C19H29N3O3S. The van der Waals surface area contributed by atoms with Gasteiger partial charge in [-0.15, -0.1) is 0 Å². The van der Waals surface area contributed by atoms with Crippen molar-refractivity contribution in [2.45, 2.75) is 31.5 Å². The molecule has 144 valence electrons. The molecule has 2 saturated heterocycles. The highest BCUT2D eigenvalue weighted by Gasteiger charge is 2.41. The van der Waals surface area contributed by atoms with Gasteiger partial charge in [0.15, 0.2) is 0 Å². The highest BCUT2D eigenvalue weighted by Crippen LogP contribution is 2.30. The van der Waals surface area contributed by atoms with Crippen LogP contribution in [-0.4, -0.2) is 75.4 Å². The summed E-state index contributed by atoms with van der Waals surface area (Å²) in [5.41, 5.74) is 1.11. The first-order chi connectivity index (χ1) is 12.6. The highest BCUT2D eigenvalue weighted by atomic mass is 32.2. The Bertz CT molecular complexity index is 685. The summed E-state index contributed by atoms with van der Waals surface area (Å²) in [5.74, 6) is 1.10. The van der Waals surface area contributed by atoms with E-state index in [9.17, 15) is 8.42 Å². The first-order valence-corrected chi connectivity index (χ1v) is 11.3. The Morgan fingerprint density at radius 2 is 1.81 bits per heavy atom. The molecule has 1 aromatic rings. The fourth-order valence-electron chi connectivity index (χ4n) is 4.02. The minimum atomic E-state index is -3.20. The Kier molecular flexibility index (Phi) is 5.61. The molecule has 0 bridgehead atoms. The summed E-state index contributed by atoms with van der Waals surface area (Å²) in [7, 11) is -3.20. The lowest BCUT2D eigenvalue weighted by molar-refractivity contribution is 0.0529. The van der Waals surface area contributed by atoms with Crippen molar-refractivity contribution in [2.75, 3.05) is 45.1 Å². The van der Waals surface area contributed by atoms with E-state index in [1.165, 1.54) is 19.4 Å². The zero-order valence-electron chi connectivity index (χ0n) is 15.2. The molecule has 7 heteroatoms. The van der Waals surface area contributed by atoms with Gasteiger partial charge in [-0.2, -0.15) is 0 Å². The summed E-state index contributed by atoms with van der Waals surface area (Å²) >= 11 is 0. The van der Waals surface area contributed by atoms with E-state index in [1.807, 2.05) is 30.3 Å². The number of hydrogen-bond donors (Lipinski definition) is 1. The van der Waals surface area contributed by atoms with E-state index in [-0.39, 0.29) is 17.8 Å². The summed E-state index contributed by atoms with van der Waals surface area (Å²) in [6.07, 6.45) is 2.76. The molecule has 1 aromatic carbocycles. The fourth-order valence-corrected chi connectivity index (χ4v) is 5.70. The van der Waals surface area contributed by atoms with Gasteiger partial charge in [0, 0.05) is 38.8 Å². The highest BCUT2D eigenvalue weighted by molar-refractivity contribution is 7.89. The van der Waals surface area contributed by atoms with E-state index in [1.54, 1.807) is 0 Å². The normalized spacial score (nSPS) is 29.8. The van der Waals surface area contributed by atoms with Gasteiger partial charge in [0.25, 0.3) is 0 Å². The lowest BCUT2D eigenvalue weighted by Gasteiger charge is -2.39. The number of ether oxygens (including phenoxy) is 1. The topological polar surface area (TPSA) is 61.9 Å². The molecule has 2 atom stereocenters. The minimum absolute atomic E-state index is 0.0128. The third kappa shape index (κ3) is 4.84. The van der Waals surface area contributed by atoms with Gasteiger partial charge in [-0.25, -0.2) is 13.1 Å². The van der Waals surface area contributed by atoms with Crippen LogP contribution in [-0.2, 0) is 21.4 Å². The van der Waals surface area contributed by atoms with E-state index in [2.05, 4.69) is 14.5 Å². The van der Waals surface area contributed by atoms with Crippen LogP contribution in [0.25, 0.3) is 0 Å². The van der Waals surface area contributed by atoms with Crippen LogP contribution in [0.4, 0.5) is 0 Å². The maximum Gasteiger partial charge on any atom is 0.213 e. The maximum absolute atomic E-state index is 12.1. The molecule has 26 heavy (non-hydrogen) atoms. The first-order valence-electron chi connectivity index (χ1n) is 9.67. The smallest absolute Gasteiger partial charge is 0.213 e. The van der Waals surface area contributed by atoms with Crippen molar-refractivity contribution in [3.05, 3.63) is 35.9 Å². The van der Waals surface area contributed by atoms with Crippen LogP contribution < -0.4 is 4.72 Å². The molecule has 0 radical (unpaired) electrons. The van der Waals surface area contributed by atoms with Crippen molar-refractivity contribution in [1.29, 1.82) is 0 Å². The number of benzene rings is 1. The SMILES string of the molecule is O=S1(=O)C[C@@H](N2CCN(CC3CC3)CC2)[C@H](COCc2ccccc2)N1. The summed E-state index contributed by atoms with van der Waals surface area (Å²) < 4.78 is 32.9. The molecule has 3 aliphatic rings. The van der Waals surface area contributed by atoms with Crippen molar-refractivity contribution in [3.63, 3.8) is 0 Å². The van der Waals surface area contributed by atoms with Crippen molar-refractivity contribution >= 4 is 10.0 Å². The van der Waals surface area contributed by atoms with Crippen LogP contribution in [0.15, 0.2) is 30.3 Å². The lowest BCUT2D eigenvalue weighted by Crippen LogP contribution is -2.55. The van der Waals surface area contributed by atoms with Gasteiger partial charge in [0.05, 0.1) is 25.0 Å². The Labute approximate surface area is 156 Å². The number of nitrogens with one attached hydrogen (secondary N) is 1. The Hall–Kier alpha value is -0.990. The number of hydrogen-bond acceptors (Lipinski definition) is 5. The zero-order chi connectivity index (χ0) is 18.0. The van der Waals surface area contributed by atoms with Gasteiger partial charge in [-0.1, -0.05) is 30.3 Å². The molecule has 2 aliphatic heterocycles. The first kappa shape index (κ1) is 18.4. The van der Waals surface area contributed by atoms with Crippen molar-refractivity contribution in [2.24, 2.45) is 5.92 Å². The van der Waals surface area contributed by atoms with Gasteiger partial charge in [0.1, 0.15) is 0 Å². The van der Waals surface area contributed by atoms with Gasteiger partial charge < -0.3 is 9.64 Å². The summed E-state index contributed by atoms with van der Waals surface area (Å²) in [4.78, 5) is 4.88. The predicted molar refractivity (Wildman–Crippen MR) is 101 cm³/mol. The number of nitrogens with zero attached hydrogens (tertiary/aromatic N) is 2. The Morgan fingerprint density at radius 3 is 2.50 bits per heavy atom. The molecule has 0 amide bonds. The van der Waals surface area contributed by atoms with Crippen LogP contribution in [0.1, 0.15) is 18.4 Å². The quantitative estimate of drug-likeness (QED) is 0.763. The largest absolute Gasteiger partial charge is 0.375 e. The van der Waals surface area contributed by atoms with E-state index >= 15 is 0 Å². The van der Waals surface area contributed by atoms with Crippen LogP contribution in [0.2, 0.25) is 0 Å². The minimum Gasteiger partial charge on any atom is -0.375 e. The van der Waals surface area contributed by atoms with Crippen LogP contribution >= 0.6 is 0 Å². The van der Waals surface area contributed by atoms with Crippen molar-refractivity contribution in [1.82, 2.24) is 14.5 Å². The van der Waals surface area contributed by atoms with Crippen LogP contribution in [0.3, 0.4) is 0 Å². The molecule has 0 unspecified atom stereocenters. The van der Waals surface area contributed by atoms with Crippen molar-refractivity contribution in [3.8, 4) is 0 Å². The van der Waals surface area contributed by atoms with E-state index < -0.39 is 10.0 Å². The van der Waals surface area contributed by atoms with Crippen molar-refractivity contribution < 1.29 is 13.2 Å². The zero-order valence-corrected chi connectivity index (χ0v) is 16.0. The standard InChI is InChI=1S/C19H29N3O3S/c23-26(24)15-19(22-10-8-21(9-11-22)12-16-6-7-16)18(20-26)14-25-13-17-4-2-1-3-5-17/h1-5,16,18-20H,6-15H2/t18-,19+/m0/s1. The van der Waals surface area contributed by atoms with E-state index in [0.717, 1.165) is 37.7 Å². The number of rotatable bonds is 7. The molecular weight excluding hydrogens is 350 g/mol. The van der Waals surface area contributed by atoms with Gasteiger partial charge in [-0.05, 0) is 24.3 Å². The second kappa shape index (κ2) is 7.94. The average Bonchev–Trinajstić information content (AvgIpc) is 3.39. The second-order valence-corrected chi connectivity index (χ2v) is 9.65. The average molecular weight is 380 g/mol. The van der Waals surface area contributed by atoms with Crippen LogP contribution in [0, 0.1) is 5.92 Å². The monoisotopic (exact) mass is 379 g/mol. The summed E-state index contributed by atoms with van der Waals surface area (Å²) in [6, 6.07) is 9.86. The van der Waals surface area contributed by atoms with E-state index in [4.69, 9.17) is 4.74 Å². The third-order valence-corrected chi connectivity index (χ3v) is 7.13. The number of sulfonamides is 1. The maximum atomic E-state index is 12.1. The third-order valence-electron chi connectivity index (χ3n) is 5.68. The fraction of sp³-hybridized carbons (Fsp3) is 0.684. The van der Waals surface area contributed by atoms with Gasteiger partial charge in [0.2, 0.25) is 10.0 Å². The molecule has 0 spiro atoms. The number of piperazine rings is 1. The summed E-state index contributed by atoms with van der Waals surface area (Å²) in [5, 5.41) is 0. The molecule has 1 aliphatic carbocycles. The molecule has 3 fully saturated rings.